The monoisotopic (exact) mass is 350 g/mol. The molecule has 2 aliphatic rings. The van der Waals surface area contributed by atoms with E-state index in [0.717, 1.165) is 36.2 Å². The van der Waals surface area contributed by atoms with Crippen LogP contribution in [0.25, 0.3) is 0 Å². The predicted molar refractivity (Wildman–Crippen MR) is 96.5 cm³/mol. The Morgan fingerprint density at radius 3 is 2.73 bits per heavy atom. The molecule has 0 saturated heterocycles. The predicted octanol–water partition coefficient (Wildman–Crippen LogP) is 2.70. The highest BCUT2D eigenvalue weighted by atomic mass is 16.5. The third kappa shape index (κ3) is 2.83. The molecule has 2 aromatic rings. The summed E-state index contributed by atoms with van der Waals surface area (Å²) < 4.78 is 5.11. The lowest BCUT2D eigenvalue weighted by Gasteiger charge is -2.26. The normalized spacial score (nSPS) is 14.8. The lowest BCUT2D eigenvalue weighted by molar-refractivity contribution is -0.131. The van der Waals surface area contributed by atoms with Crippen LogP contribution in [-0.4, -0.2) is 24.3 Å². The van der Waals surface area contributed by atoms with Crippen LogP contribution < -0.4 is 15.0 Å². The molecule has 2 aromatic carbocycles. The SMILES string of the molecule is CC(=O)Oc1ccccc1C(=O)Nc1cc2c3c(c1)CC(=O)N3CCC2. The molecule has 2 aliphatic heterocycles. The molecule has 0 radical (unpaired) electrons. The Labute approximate surface area is 150 Å². The summed E-state index contributed by atoms with van der Waals surface area (Å²) in [5.41, 5.74) is 3.99. The molecule has 0 spiro atoms. The molecule has 1 N–H and O–H groups in total. The molecule has 0 bridgehead atoms. The van der Waals surface area contributed by atoms with Crippen molar-refractivity contribution in [2.75, 3.05) is 16.8 Å². The molecule has 132 valence electrons. The minimum Gasteiger partial charge on any atom is -0.426 e. The third-order valence-corrected chi connectivity index (χ3v) is 4.65. The van der Waals surface area contributed by atoms with E-state index in [1.165, 1.54) is 6.92 Å². The Bertz CT molecular complexity index is 935. The second kappa shape index (κ2) is 6.29. The van der Waals surface area contributed by atoms with Crippen LogP contribution in [-0.2, 0) is 22.4 Å². The number of ether oxygens (including phenoxy) is 1. The van der Waals surface area contributed by atoms with Crippen molar-refractivity contribution < 1.29 is 19.1 Å². The van der Waals surface area contributed by atoms with Gasteiger partial charge in [-0.05, 0) is 48.2 Å². The van der Waals surface area contributed by atoms with E-state index in [0.29, 0.717) is 12.1 Å². The maximum atomic E-state index is 12.7. The van der Waals surface area contributed by atoms with Crippen molar-refractivity contribution in [2.45, 2.75) is 26.2 Å². The van der Waals surface area contributed by atoms with Crippen molar-refractivity contribution in [1.29, 1.82) is 0 Å². The molecule has 6 nitrogen and oxygen atoms in total. The standard InChI is InChI=1S/C20H18N2O4/c1-12(23)26-17-7-3-2-6-16(17)20(25)21-15-9-13-5-4-8-22-18(24)11-14(10-15)19(13)22/h2-3,6-7,9-10H,4-5,8,11H2,1H3,(H,21,25). The highest BCUT2D eigenvalue weighted by Gasteiger charge is 2.32. The van der Waals surface area contributed by atoms with Gasteiger partial charge in [-0.2, -0.15) is 0 Å². The van der Waals surface area contributed by atoms with Crippen LogP contribution in [0.1, 0.15) is 34.8 Å². The van der Waals surface area contributed by atoms with Gasteiger partial charge in [0.05, 0.1) is 17.7 Å². The number of aryl methyl sites for hydroxylation is 1. The number of esters is 1. The summed E-state index contributed by atoms with van der Waals surface area (Å²) in [5, 5.41) is 2.87. The van der Waals surface area contributed by atoms with Crippen molar-refractivity contribution in [1.82, 2.24) is 0 Å². The van der Waals surface area contributed by atoms with Crippen molar-refractivity contribution >= 4 is 29.2 Å². The average molecular weight is 350 g/mol. The molecular formula is C20H18N2O4. The molecule has 0 atom stereocenters. The highest BCUT2D eigenvalue weighted by Crippen LogP contribution is 2.39. The number of nitrogens with one attached hydrogen (secondary N) is 1. The molecule has 4 rings (SSSR count). The number of hydrogen-bond donors (Lipinski definition) is 1. The van der Waals surface area contributed by atoms with E-state index in [2.05, 4.69) is 5.32 Å². The Hall–Kier alpha value is -3.15. The summed E-state index contributed by atoms with van der Waals surface area (Å²) in [7, 11) is 0. The van der Waals surface area contributed by atoms with Crippen LogP contribution in [0.15, 0.2) is 36.4 Å². The van der Waals surface area contributed by atoms with Crippen molar-refractivity contribution in [3.05, 3.63) is 53.1 Å². The number of nitrogens with zero attached hydrogens (tertiary/aromatic N) is 1. The molecule has 0 aliphatic carbocycles. The first-order valence-corrected chi connectivity index (χ1v) is 8.58. The van der Waals surface area contributed by atoms with E-state index in [4.69, 9.17) is 4.74 Å². The van der Waals surface area contributed by atoms with Gasteiger partial charge in [0.2, 0.25) is 5.91 Å². The molecule has 2 heterocycles. The second-order valence-corrected chi connectivity index (χ2v) is 6.51. The fourth-order valence-corrected chi connectivity index (χ4v) is 3.65. The van der Waals surface area contributed by atoms with Gasteiger partial charge in [-0.1, -0.05) is 12.1 Å². The number of hydrogen-bond acceptors (Lipinski definition) is 4. The number of anilines is 2. The Kier molecular flexibility index (Phi) is 3.95. The van der Waals surface area contributed by atoms with Crippen molar-refractivity contribution in [3.8, 4) is 5.75 Å². The maximum absolute atomic E-state index is 12.7. The van der Waals surface area contributed by atoms with Crippen LogP contribution in [0.2, 0.25) is 0 Å². The summed E-state index contributed by atoms with van der Waals surface area (Å²) in [5.74, 6) is -0.497. The van der Waals surface area contributed by atoms with Gasteiger partial charge in [-0.15, -0.1) is 0 Å². The molecule has 0 aromatic heterocycles. The van der Waals surface area contributed by atoms with Gasteiger partial charge in [-0.25, -0.2) is 0 Å². The van der Waals surface area contributed by atoms with Crippen LogP contribution in [0.4, 0.5) is 11.4 Å². The molecule has 2 amide bonds. The first-order chi connectivity index (χ1) is 12.5. The number of benzene rings is 2. The van der Waals surface area contributed by atoms with E-state index in [-0.39, 0.29) is 23.1 Å². The van der Waals surface area contributed by atoms with Gasteiger partial charge in [0.15, 0.2) is 0 Å². The van der Waals surface area contributed by atoms with Gasteiger partial charge in [0, 0.05) is 19.2 Å². The maximum Gasteiger partial charge on any atom is 0.308 e. The lowest BCUT2D eigenvalue weighted by Crippen LogP contribution is -2.31. The largest absolute Gasteiger partial charge is 0.426 e. The van der Waals surface area contributed by atoms with Gasteiger partial charge in [0.25, 0.3) is 5.91 Å². The number of para-hydroxylation sites is 1. The summed E-state index contributed by atoms with van der Waals surface area (Å²) in [6.45, 7) is 2.06. The summed E-state index contributed by atoms with van der Waals surface area (Å²) >= 11 is 0. The zero-order valence-corrected chi connectivity index (χ0v) is 14.4. The zero-order chi connectivity index (χ0) is 18.3. The van der Waals surface area contributed by atoms with Crippen LogP contribution in [0, 0.1) is 0 Å². The zero-order valence-electron chi connectivity index (χ0n) is 14.4. The molecular weight excluding hydrogens is 332 g/mol. The van der Waals surface area contributed by atoms with Gasteiger partial charge in [-0.3, -0.25) is 14.4 Å². The molecule has 0 fully saturated rings. The van der Waals surface area contributed by atoms with Crippen LogP contribution >= 0.6 is 0 Å². The first-order valence-electron chi connectivity index (χ1n) is 8.58. The first kappa shape index (κ1) is 16.3. The number of rotatable bonds is 3. The quantitative estimate of drug-likeness (QED) is 0.682. The molecule has 26 heavy (non-hydrogen) atoms. The Morgan fingerprint density at radius 2 is 1.92 bits per heavy atom. The number of carbonyl (C=O) groups excluding carboxylic acids is 3. The highest BCUT2D eigenvalue weighted by molar-refractivity contribution is 6.08. The lowest BCUT2D eigenvalue weighted by atomic mass is 9.99. The smallest absolute Gasteiger partial charge is 0.308 e. The van der Waals surface area contributed by atoms with Gasteiger partial charge in [0.1, 0.15) is 5.75 Å². The average Bonchev–Trinajstić information content (AvgIpc) is 2.92. The fourth-order valence-electron chi connectivity index (χ4n) is 3.65. The summed E-state index contributed by atoms with van der Waals surface area (Å²) in [4.78, 5) is 37.9. The fraction of sp³-hybridized carbons (Fsp3) is 0.250. The Morgan fingerprint density at radius 1 is 1.15 bits per heavy atom. The van der Waals surface area contributed by atoms with Gasteiger partial charge < -0.3 is 15.0 Å². The third-order valence-electron chi connectivity index (χ3n) is 4.65. The molecule has 6 heteroatoms. The second-order valence-electron chi connectivity index (χ2n) is 6.51. The molecule has 0 unspecified atom stereocenters. The summed E-state index contributed by atoms with van der Waals surface area (Å²) in [6.07, 6.45) is 2.18. The minimum atomic E-state index is -0.481. The van der Waals surface area contributed by atoms with Crippen LogP contribution in [0.5, 0.6) is 5.75 Å². The minimum absolute atomic E-state index is 0.115. The van der Waals surface area contributed by atoms with Crippen molar-refractivity contribution in [2.24, 2.45) is 0 Å². The van der Waals surface area contributed by atoms with E-state index in [9.17, 15) is 14.4 Å². The van der Waals surface area contributed by atoms with Crippen LogP contribution in [0.3, 0.4) is 0 Å². The molecule has 0 saturated carbocycles. The van der Waals surface area contributed by atoms with E-state index < -0.39 is 5.97 Å². The van der Waals surface area contributed by atoms with Crippen molar-refractivity contribution in [3.63, 3.8) is 0 Å². The van der Waals surface area contributed by atoms with Gasteiger partial charge >= 0.3 is 5.97 Å². The van der Waals surface area contributed by atoms with E-state index >= 15 is 0 Å². The number of carbonyl (C=O) groups is 3. The Balaban J connectivity index is 1.63. The summed E-state index contributed by atoms with van der Waals surface area (Å²) in [6, 6.07) is 10.4. The number of amides is 2. The van der Waals surface area contributed by atoms with E-state index in [1.807, 2.05) is 17.0 Å². The van der Waals surface area contributed by atoms with E-state index in [1.54, 1.807) is 24.3 Å². The topological polar surface area (TPSA) is 75.7 Å².